The molecule has 0 atom stereocenters. The van der Waals surface area contributed by atoms with Gasteiger partial charge in [-0.05, 0) is 38.0 Å². The van der Waals surface area contributed by atoms with Crippen molar-refractivity contribution in [3.8, 4) is 0 Å². The molecule has 0 fully saturated rings. The first-order valence-corrected chi connectivity index (χ1v) is 7.90. The smallest absolute Gasteiger partial charge is 0.161 e. The zero-order chi connectivity index (χ0) is 15.1. The van der Waals surface area contributed by atoms with Gasteiger partial charge in [-0.1, -0.05) is 29.8 Å². The van der Waals surface area contributed by atoms with Crippen LogP contribution < -0.4 is 4.90 Å². The number of halogens is 1. The van der Waals surface area contributed by atoms with Crippen LogP contribution in [0.15, 0.2) is 22.7 Å². The number of hydrogen-bond donors (Lipinski definition) is 0. The normalized spacial score (nSPS) is 10.9. The highest BCUT2D eigenvalue weighted by Gasteiger charge is 2.20. The van der Waals surface area contributed by atoms with Crippen LogP contribution >= 0.6 is 15.9 Å². The molecule has 1 rings (SSSR count). The van der Waals surface area contributed by atoms with E-state index >= 15 is 0 Å². The van der Waals surface area contributed by atoms with Gasteiger partial charge in [0, 0.05) is 35.4 Å². The van der Waals surface area contributed by atoms with Crippen LogP contribution in [-0.2, 0) is 4.74 Å². The number of rotatable bonds is 8. The topological polar surface area (TPSA) is 29.5 Å². The predicted molar refractivity (Wildman–Crippen MR) is 87.7 cm³/mol. The fourth-order valence-corrected chi connectivity index (χ4v) is 2.82. The van der Waals surface area contributed by atoms with Gasteiger partial charge in [0.2, 0.25) is 0 Å². The second-order valence-corrected chi connectivity index (χ2v) is 5.79. The molecule has 0 spiro atoms. The Balaban J connectivity index is 3.21. The van der Waals surface area contributed by atoms with Gasteiger partial charge in [-0.25, -0.2) is 0 Å². The Morgan fingerprint density at radius 3 is 2.50 bits per heavy atom. The van der Waals surface area contributed by atoms with E-state index in [4.69, 9.17) is 4.74 Å². The first-order chi connectivity index (χ1) is 9.54. The highest BCUT2D eigenvalue weighted by Crippen LogP contribution is 2.28. The lowest BCUT2D eigenvalue weighted by Crippen LogP contribution is -2.38. The minimum absolute atomic E-state index is 0.0923. The third-order valence-electron chi connectivity index (χ3n) is 3.57. The van der Waals surface area contributed by atoms with E-state index in [9.17, 15) is 4.79 Å². The van der Waals surface area contributed by atoms with Crippen molar-refractivity contribution in [2.45, 2.75) is 39.7 Å². The molecule has 0 aliphatic rings. The van der Waals surface area contributed by atoms with Gasteiger partial charge in [0.15, 0.2) is 5.78 Å². The number of nitrogens with zero attached hydrogens (tertiary/aromatic N) is 1. The fourth-order valence-electron chi connectivity index (χ4n) is 2.46. The minimum atomic E-state index is 0.0923. The summed E-state index contributed by atoms with van der Waals surface area (Å²) < 4.78 is 6.15. The Labute approximate surface area is 130 Å². The molecule has 112 valence electrons. The van der Waals surface area contributed by atoms with Gasteiger partial charge < -0.3 is 9.64 Å². The molecule has 3 nitrogen and oxygen atoms in total. The second kappa shape index (κ2) is 8.42. The molecule has 0 saturated carbocycles. The zero-order valence-corrected chi connectivity index (χ0v) is 14.4. The van der Waals surface area contributed by atoms with Crippen LogP contribution in [0.3, 0.4) is 0 Å². The second-order valence-electron chi connectivity index (χ2n) is 4.87. The van der Waals surface area contributed by atoms with E-state index < -0.39 is 0 Å². The molecular weight excluding hydrogens is 318 g/mol. The SMILES string of the molecule is CCC(CC)N(CCOC)c1ccc(Br)cc1C(C)=O. The number of methoxy groups -OCH3 is 1. The van der Waals surface area contributed by atoms with Gasteiger partial charge in [0.1, 0.15) is 0 Å². The standard InChI is InChI=1S/C16H24BrNO2/c1-5-14(6-2)18(9-10-20-4)16-8-7-13(17)11-15(16)12(3)19/h7-8,11,14H,5-6,9-10H2,1-4H3. The van der Waals surface area contributed by atoms with Gasteiger partial charge in [-0.2, -0.15) is 0 Å². The number of Topliss-reactive ketones (excluding diaryl/α,β-unsaturated/α-hetero) is 1. The Morgan fingerprint density at radius 2 is 2.00 bits per heavy atom. The number of ketones is 1. The molecule has 0 aliphatic heterocycles. The molecule has 0 N–H and O–H groups in total. The Morgan fingerprint density at radius 1 is 1.35 bits per heavy atom. The lowest BCUT2D eigenvalue weighted by Gasteiger charge is -2.33. The van der Waals surface area contributed by atoms with Crippen LogP contribution in [0.2, 0.25) is 0 Å². The van der Waals surface area contributed by atoms with Crippen molar-refractivity contribution in [1.82, 2.24) is 0 Å². The number of benzene rings is 1. The molecule has 1 aromatic rings. The molecule has 0 amide bonds. The van der Waals surface area contributed by atoms with Crippen LogP contribution in [-0.4, -0.2) is 32.1 Å². The highest BCUT2D eigenvalue weighted by atomic mass is 79.9. The number of anilines is 1. The zero-order valence-electron chi connectivity index (χ0n) is 12.8. The maximum absolute atomic E-state index is 11.9. The fraction of sp³-hybridized carbons (Fsp3) is 0.562. The summed E-state index contributed by atoms with van der Waals surface area (Å²) in [6.45, 7) is 7.43. The minimum Gasteiger partial charge on any atom is -0.383 e. The summed E-state index contributed by atoms with van der Waals surface area (Å²) in [5.41, 5.74) is 1.77. The molecule has 20 heavy (non-hydrogen) atoms. The van der Waals surface area contributed by atoms with Crippen molar-refractivity contribution in [2.75, 3.05) is 25.2 Å². The Bertz CT molecular complexity index is 444. The van der Waals surface area contributed by atoms with Crippen molar-refractivity contribution < 1.29 is 9.53 Å². The van der Waals surface area contributed by atoms with Crippen LogP contribution in [0.5, 0.6) is 0 Å². The maximum Gasteiger partial charge on any atom is 0.161 e. The predicted octanol–water partition coefficient (Wildman–Crippen LogP) is 4.29. The first-order valence-electron chi connectivity index (χ1n) is 7.11. The lowest BCUT2D eigenvalue weighted by molar-refractivity contribution is 0.101. The van der Waals surface area contributed by atoms with Crippen molar-refractivity contribution in [3.63, 3.8) is 0 Å². The molecule has 0 radical (unpaired) electrons. The summed E-state index contributed by atoms with van der Waals surface area (Å²) in [5.74, 6) is 0.0923. The summed E-state index contributed by atoms with van der Waals surface area (Å²) in [4.78, 5) is 14.2. The molecule has 0 aromatic heterocycles. The van der Waals surface area contributed by atoms with Crippen molar-refractivity contribution in [1.29, 1.82) is 0 Å². The molecule has 0 bridgehead atoms. The van der Waals surface area contributed by atoms with Crippen molar-refractivity contribution in [3.05, 3.63) is 28.2 Å². The number of hydrogen-bond acceptors (Lipinski definition) is 3. The van der Waals surface area contributed by atoms with Gasteiger partial charge in [0.05, 0.1) is 6.61 Å². The first kappa shape index (κ1) is 17.2. The van der Waals surface area contributed by atoms with Gasteiger partial charge in [0.25, 0.3) is 0 Å². The monoisotopic (exact) mass is 341 g/mol. The van der Waals surface area contributed by atoms with Crippen LogP contribution in [0.25, 0.3) is 0 Å². The summed E-state index contributed by atoms with van der Waals surface area (Å²) in [5, 5.41) is 0. The van der Waals surface area contributed by atoms with E-state index in [1.165, 1.54) is 0 Å². The van der Waals surface area contributed by atoms with Crippen LogP contribution in [0.4, 0.5) is 5.69 Å². The van der Waals surface area contributed by atoms with E-state index in [0.29, 0.717) is 12.6 Å². The lowest BCUT2D eigenvalue weighted by atomic mass is 10.0. The van der Waals surface area contributed by atoms with E-state index in [1.54, 1.807) is 14.0 Å². The molecule has 4 heteroatoms. The third-order valence-corrected chi connectivity index (χ3v) is 4.06. The number of carbonyl (C=O) groups excluding carboxylic acids is 1. The molecule has 1 aromatic carbocycles. The van der Waals surface area contributed by atoms with Gasteiger partial charge in [-0.15, -0.1) is 0 Å². The van der Waals surface area contributed by atoms with Crippen molar-refractivity contribution >= 4 is 27.4 Å². The average molecular weight is 342 g/mol. The average Bonchev–Trinajstić information content (AvgIpc) is 2.43. The largest absolute Gasteiger partial charge is 0.383 e. The molecular formula is C16H24BrNO2. The Hall–Kier alpha value is -0.870. The summed E-state index contributed by atoms with van der Waals surface area (Å²) >= 11 is 3.44. The Kier molecular flexibility index (Phi) is 7.24. The maximum atomic E-state index is 11.9. The van der Waals surface area contributed by atoms with E-state index in [-0.39, 0.29) is 5.78 Å². The highest BCUT2D eigenvalue weighted by molar-refractivity contribution is 9.10. The van der Waals surface area contributed by atoms with Crippen LogP contribution in [0.1, 0.15) is 44.0 Å². The van der Waals surface area contributed by atoms with Crippen LogP contribution in [0, 0.1) is 0 Å². The summed E-state index contributed by atoms with van der Waals surface area (Å²) in [6.07, 6.45) is 2.10. The van der Waals surface area contributed by atoms with E-state index in [2.05, 4.69) is 34.7 Å². The van der Waals surface area contributed by atoms with E-state index in [0.717, 1.165) is 35.1 Å². The quantitative estimate of drug-likeness (QED) is 0.660. The molecule has 0 unspecified atom stereocenters. The molecule has 0 heterocycles. The number of carbonyl (C=O) groups is 1. The summed E-state index contributed by atoms with van der Waals surface area (Å²) in [6, 6.07) is 6.34. The molecule has 0 saturated heterocycles. The number of ether oxygens (including phenoxy) is 1. The van der Waals surface area contributed by atoms with Crippen molar-refractivity contribution in [2.24, 2.45) is 0 Å². The van der Waals surface area contributed by atoms with Gasteiger partial charge in [-0.3, -0.25) is 4.79 Å². The van der Waals surface area contributed by atoms with Gasteiger partial charge >= 0.3 is 0 Å². The summed E-state index contributed by atoms with van der Waals surface area (Å²) in [7, 11) is 1.71. The van der Waals surface area contributed by atoms with E-state index in [1.807, 2.05) is 18.2 Å². The molecule has 0 aliphatic carbocycles. The third kappa shape index (κ3) is 4.32.